The second-order valence-electron chi connectivity index (χ2n) is 8.47. The molecule has 2 aliphatic rings. The number of rotatable bonds is 6. The molecule has 0 spiro atoms. The van der Waals surface area contributed by atoms with E-state index in [2.05, 4.69) is 34.5 Å². The molecule has 2 aromatic rings. The van der Waals surface area contributed by atoms with Crippen molar-refractivity contribution >= 4 is 5.91 Å². The van der Waals surface area contributed by atoms with Crippen LogP contribution in [0.2, 0.25) is 0 Å². The molecule has 5 heteroatoms. The van der Waals surface area contributed by atoms with Gasteiger partial charge in [-0.05, 0) is 55.0 Å². The highest BCUT2D eigenvalue weighted by molar-refractivity contribution is 5.82. The van der Waals surface area contributed by atoms with Gasteiger partial charge in [-0.2, -0.15) is 0 Å². The third-order valence-corrected chi connectivity index (χ3v) is 6.31. The van der Waals surface area contributed by atoms with E-state index in [9.17, 15) is 9.90 Å². The lowest BCUT2D eigenvalue weighted by atomic mass is 9.91. The summed E-state index contributed by atoms with van der Waals surface area (Å²) < 4.78 is 5.55. The van der Waals surface area contributed by atoms with Crippen molar-refractivity contribution < 1.29 is 14.6 Å². The van der Waals surface area contributed by atoms with E-state index in [1.807, 2.05) is 19.1 Å². The molecule has 0 aromatic heterocycles. The van der Waals surface area contributed by atoms with Crippen molar-refractivity contribution in [3.8, 4) is 11.5 Å². The van der Waals surface area contributed by atoms with Gasteiger partial charge >= 0.3 is 0 Å². The van der Waals surface area contributed by atoms with E-state index in [1.165, 1.54) is 30.4 Å². The number of hydrogen-bond donors (Lipinski definition) is 2. The fourth-order valence-electron chi connectivity index (χ4n) is 4.71. The zero-order valence-corrected chi connectivity index (χ0v) is 17.8. The molecule has 0 saturated heterocycles. The van der Waals surface area contributed by atoms with Gasteiger partial charge in [-0.1, -0.05) is 49.6 Å². The molecule has 2 N–H and O–H groups in total. The number of fused-ring (bicyclic) bond motifs is 1. The van der Waals surface area contributed by atoms with Crippen molar-refractivity contribution in [3.63, 3.8) is 0 Å². The third kappa shape index (κ3) is 4.78. The van der Waals surface area contributed by atoms with Crippen molar-refractivity contribution in [2.75, 3.05) is 6.61 Å². The summed E-state index contributed by atoms with van der Waals surface area (Å²) in [6.07, 6.45) is 6.59. The van der Waals surface area contributed by atoms with E-state index in [0.717, 1.165) is 31.4 Å². The first-order chi connectivity index (χ1) is 14.6. The Morgan fingerprint density at radius 2 is 1.90 bits per heavy atom. The molecule has 1 saturated carbocycles. The maximum absolute atomic E-state index is 13.3. The number of carbonyl (C=O) groups excluding carboxylic acids is 1. The molecule has 1 aliphatic heterocycles. The van der Waals surface area contributed by atoms with Crippen LogP contribution in [0.15, 0.2) is 42.5 Å². The highest BCUT2D eigenvalue weighted by Crippen LogP contribution is 2.30. The van der Waals surface area contributed by atoms with E-state index < -0.39 is 0 Å². The van der Waals surface area contributed by atoms with Gasteiger partial charge in [0.1, 0.15) is 0 Å². The van der Waals surface area contributed by atoms with Crippen LogP contribution < -0.4 is 10.1 Å². The minimum absolute atomic E-state index is 0.139. The Kier molecular flexibility index (Phi) is 6.58. The van der Waals surface area contributed by atoms with Crippen LogP contribution in [0.3, 0.4) is 0 Å². The van der Waals surface area contributed by atoms with Gasteiger partial charge in [0.2, 0.25) is 5.91 Å². The van der Waals surface area contributed by atoms with Crippen LogP contribution in [0, 0.1) is 0 Å². The molecule has 1 fully saturated rings. The van der Waals surface area contributed by atoms with Gasteiger partial charge in [0.05, 0.1) is 12.6 Å². The van der Waals surface area contributed by atoms with E-state index in [0.29, 0.717) is 24.9 Å². The Morgan fingerprint density at radius 3 is 2.67 bits per heavy atom. The SMILES string of the molecule is CCOc1cc(CN2Cc3ccccc3CC2C(=O)NC2CCCCC2)ccc1O. The standard InChI is InChI=1S/C25H32N2O3/c1-2-30-24-14-18(12-13-23(24)28)16-27-17-20-9-7-6-8-19(20)15-22(27)25(29)26-21-10-4-3-5-11-21/h6-9,12-14,21-22,28H,2-5,10-11,15-17H2,1H3,(H,26,29). The lowest BCUT2D eigenvalue weighted by molar-refractivity contribution is -0.128. The van der Waals surface area contributed by atoms with Crippen molar-refractivity contribution in [2.45, 2.75) is 70.6 Å². The highest BCUT2D eigenvalue weighted by Gasteiger charge is 2.32. The summed E-state index contributed by atoms with van der Waals surface area (Å²) in [4.78, 5) is 15.5. The first-order valence-electron chi connectivity index (χ1n) is 11.2. The molecule has 30 heavy (non-hydrogen) atoms. The van der Waals surface area contributed by atoms with Crippen LogP contribution in [0.4, 0.5) is 0 Å². The molecule has 1 amide bonds. The van der Waals surface area contributed by atoms with Crippen LogP contribution in [0.5, 0.6) is 11.5 Å². The number of phenols is 1. The van der Waals surface area contributed by atoms with Gasteiger partial charge in [-0.15, -0.1) is 0 Å². The number of carbonyl (C=O) groups is 1. The molecule has 1 unspecified atom stereocenters. The molecule has 1 atom stereocenters. The molecule has 0 radical (unpaired) electrons. The quantitative estimate of drug-likeness (QED) is 0.753. The van der Waals surface area contributed by atoms with E-state index >= 15 is 0 Å². The third-order valence-electron chi connectivity index (χ3n) is 6.31. The Morgan fingerprint density at radius 1 is 1.13 bits per heavy atom. The van der Waals surface area contributed by atoms with E-state index in [1.54, 1.807) is 6.07 Å². The van der Waals surface area contributed by atoms with Gasteiger partial charge < -0.3 is 15.2 Å². The van der Waals surface area contributed by atoms with Crippen molar-refractivity contribution in [3.05, 3.63) is 59.2 Å². The number of ether oxygens (including phenoxy) is 1. The fraction of sp³-hybridized carbons (Fsp3) is 0.480. The number of aromatic hydroxyl groups is 1. The number of hydrogen-bond acceptors (Lipinski definition) is 4. The molecule has 1 heterocycles. The van der Waals surface area contributed by atoms with Crippen LogP contribution in [-0.4, -0.2) is 34.6 Å². The average molecular weight is 409 g/mol. The molecule has 4 rings (SSSR count). The summed E-state index contributed by atoms with van der Waals surface area (Å²) in [7, 11) is 0. The molecule has 160 valence electrons. The van der Waals surface area contributed by atoms with Crippen molar-refractivity contribution in [2.24, 2.45) is 0 Å². The second-order valence-corrected chi connectivity index (χ2v) is 8.47. The van der Waals surface area contributed by atoms with Crippen LogP contribution >= 0.6 is 0 Å². The van der Waals surface area contributed by atoms with E-state index in [4.69, 9.17) is 4.74 Å². The van der Waals surface area contributed by atoms with Crippen LogP contribution in [-0.2, 0) is 24.3 Å². The molecular formula is C25H32N2O3. The van der Waals surface area contributed by atoms with Gasteiger partial charge in [0.25, 0.3) is 0 Å². The zero-order valence-electron chi connectivity index (χ0n) is 17.8. The van der Waals surface area contributed by atoms with Gasteiger partial charge in [0, 0.05) is 19.1 Å². The molecule has 1 aliphatic carbocycles. The highest BCUT2D eigenvalue weighted by atomic mass is 16.5. The topological polar surface area (TPSA) is 61.8 Å². The fourth-order valence-corrected chi connectivity index (χ4v) is 4.71. The normalized spacial score (nSPS) is 19.8. The second kappa shape index (κ2) is 9.52. The van der Waals surface area contributed by atoms with Crippen molar-refractivity contribution in [1.29, 1.82) is 0 Å². The summed E-state index contributed by atoms with van der Waals surface area (Å²) in [5, 5.41) is 13.4. The molecule has 5 nitrogen and oxygen atoms in total. The predicted molar refractivity (Wildman–Crippen MR) is 117 cm³/mol. The summed E-state index contributed by atoms with van der Waals surface area (Å²) in [6, 6.07) is 14.0. The number of nitrogens with one attached hydrogen (secondary N) is 1. The minimum Gasteiger partial charge on any atom is -0.504 e. The van der Waals surface area contributed by atoms with E-state index in [-0.39, 0.29) is 17.7 Å². The number of amides is 1. The zero-order chi connectivity index (χ0) is 20.9. The predicted octanol–water partition coefficient (Wildman–Crippen LogP) is 4.17. The Hall–Kier alpha value is -2.53. The molecular weight excluding hydrogens is 376 g/mol. The number of benzene rings is 2. The van der Waals surface area contributed by atoms with Crippen molar-refractivity contribution in [1.82, 2.24) is 10.2 Å². The maximum atomic E-state index is 13.3. The smallest absolute Gasteiger partial charge is 0.237 e. The summed E-state index contributed by atoms with van der Waals surface area (Å²) in [5.41, 5.74) is 3.58. The maximum Gasteiger partial charge on any atom is 0.237 e. The summed E-state index contributed by atoms with van der Waals surface area (Å²) >= 11 is 0. The number of phenolic OH excluding ortho intramolecular Hbond substituents is 1. The summed E-state index contributed by atoms with van der Waals surface area (Å²) in [6.45, 7) is 3.78. The first-order valence-corrected chi connectivity index (χ1v) is 11.2. The summed E-state index contributed by atoms with van der Waals surface area (Å²) in [5.74, 6) is 0.784. The van der Waals surface area contributed by atoms with Gasteiger partial charge in [0.15, 0.2) is 11.5 Å². The van der Waals surface area contributed by atoms with Crippen LogP contribution in [0.25, 0.3) is 0 Å². The van der Waals surface area contributed by atoms with Crippen LogP contribution in [0.1, 0.15) is 55.7 Å². The Bertz CT molecular complexity index is 876. The molecule has 2 aromatic carbocycles. The first kappa shape index (κ1) is 20.7. The van der Waals surface area contributed by atoms with Gasteiger partial charge in [-0.25, -0.2) is 0 Å². The number of nitrogens with zero attached hydrogens (tertiary/aromatic N) is 1. The Balaban J connectivity index is 1.54. The molecule has 0 bridgehead atoms. The minimum atomic E-state index is -0.189. The van der Waals surface area contributed by atoms with Gasteiger partial charge in [-0.3, -0.25) is 9.69 Å². The monoisotopic (exact) mass is 408 g/mol. The lowest BCUT2D eigenvalue weighted by Crippen LogP contribution is -2.52. The lowest BCUT2D eigenvalue weighted by Gasteiger charge is -2.37. The largest absolute Gasteiger partial charge is 0.504 e. The average Bonchev–Trinajstić information content (AvgIpc) is 2.76. The Labute approximate surface area is 179 Å².